The second-order valence-corrected chi connectivity index (χ2v) is 7.07. The fourth-order valence-electron chi connectivity index (χ4n) is 2.88. The minimum absolute atomic E-state index is 0.0839. The van der Waals surface area contributed by atoms with Gasteiger partial charge in [-0.15, -0.1) is 0 Å². The van der Waals surface area contributed by atoms with Gasteiger partial charge in [0.2, 0.25) is 0 Å². The van der Waals surface area contributed by atoms with Gasteiger partial charge in [-0.3, -0.25) is 9.89 Å². The van der Waals surface area contributed by atoms with Crippen molar-refractivity contribution in [1.82, 2.24) is 15.5 Å². The van der Waals surface area contributed by atoms with Crippen molar-refractivity contribution >= 4 is 17.2 Å². The molecule has 0 radical (unpaired) electrons. The number of carbonyl (C=O) groups is 1. The number of nitrogens with one attached hydrogen (secondary N) is 2. The van der Waals surface area contributed by atoms with Crippen molar-refractivity contribution in [3.05, 3.63) is 82.6 Å². The summed E-state index contributed by atoms with van der Waals surface area (Å²) >= 11 is 1.62. The fraction of sp³-hybridized carbons (Fsp3) is 0.0909. The molecule has 0 saturated carbocycles. The van der Waals surface area contributed by atoms with Crippen molar-refractivity contribution in [3.8, 4) is 28.3 Å². The van der Waals surface area contributed by atoms with E-state index in [0.29, 0.717) is 12.1 Å². The van der Waals surface area contributed by atoms with E-state index in [9.17, 15) is 4.79 Å². The number of methoxy groups -OCH3 is 1. The molecule has 0 atom stereocenters. The van der Waals surface area contributed by atoms with E-state index < -0.39 is 0 Å². The average molecular weight is 389 g/mol. The largest absolute Gasteiger partial charge is 0.497 e. The van der Waals surface area contributed by atoms with Crippen molar-refractivity contribution in [2.75, 3.05) is 7.11 Å². The van der Waals surface area contributed by atoms with Gasteiger partial charge in [0, 0.05) is 17.7 Å². The molecule has 0 spiro atoms. The van der Waals surface area contributed by atoms with Gasteiger partial charge in [0.1, 0.15) is 5.75 Å². The standard InChI is InChI=1S/C22H19N3O2S/c1-27-19-4-2-3-18(11-19)21-12-20(24-25-21)16-5-7-17(8-6-16)22(26)23-13-15-9-10-28-14-15/h2-12,14H,13H2,1H3,(H,23,26)(H,24,25). The van der Waals surface area contributed by atoms with E-state index in [4.69, 9.17) is 4.74 Å². The van der Waals surface area contributed by atoms with E-state index in [-0.39, 0.29) is 5.91 Å². The first-order valence-electron chi connectivity index (χ1n) is 8.82. The zero-order chi connectivity index (χ0) is 19.3. The number of nitrogens with zero attached hydrogens (tertiary/aromatic N) is 1. The van der Waals surface area contributed by atoms with Gasteiger partial charge >= 0.3 is 0 Å². The molecule has 0 aliphatic rings. The summed E-state index contributed by atoms with van der Waals surface area (Å²) in [7, 11) is 1.65. The molecule has 2 aromatic carbocycles. The van der Waals surface area contributed by atoms with E-state index >= 15 is 0 Å². The van der Waals surface area contributed by atoms with Gasteiger partial charge in [-0.1, -0.05) is 24.3 Å². The highest BCUT2D eigenvalue weighted by molar-refractivity contribution is 7.07. The molecule has 4 aromatic rings. The van der Waals surface area contributed by atoms with Gasteiger partial charge in [-0.05, 0) is 58.3 Å². The number of ether oxygens (including phenoxy) is 1. The molecule has 1 amide bonds. The first-order valence-corrected chi connectivity index (χ1v) is 9.77. The molecule has 4 rings (SSSR count). The monoisotopic (exact) mass is 389 g/mol. The third-order valence-corrected chi connectivity index (χ3v) is 5.17. The molecule has 6 heteroatoms. The van der Waals surface area contributed by atoms with Gasteiger partial charge in [0.05, 0.1) is 18.5 Å². The van der Waals surface area contributed by atoms with E-state index in [2.05, 4.69) is 15.5 Å². The van der Waals surface area contributed by atoms with Crippen LogP contribution in [0, 0.1) is 0 Å². The molecule has 2 aromatic heterocycles. The zero-order valence-electron chi connectivity index (χ0n) is 15.3. The van der Waals surface area contributed by atoms with Gasteiger partial charge in [-0.25, -0.2) is 0 Å². The van der Waals surface area contributed by atoms with E-state index in [1.54, 1.807) is 18.4 Å². The highest BCUT2D eigenvalue weighted by Gasteiger charge is 2.09. The number of amides is 1. The molecule has 0 bridgehead atoms. The first kappa shape index (κ1) is 18.0. The third kappa shape index (κ3) is 3.97. The topological polar surface area (TPSA) is 67.0 Å². The zero-order valence-corrected chi connectivity index (χ0v) is 16.1. The maximum absolute atomic E-state index is 12.3. The Morgan fingerprint density at radius 3 is 2.71 bits per heavy atom. The van der Waals surface area contributed by atoms with Crippen LogP contribution in [-0.2, 0) is 6.54 Å². The maximum Gasteiger partial charge on any atom is 0.251 e. The van der Waals surface area contributed by atoms with Crippen LogP contribution in [0.2, 0.25) is 0 Å². The minimum atomic E-state index is -0.0839. The Bertz CT molecular complexity index is 1070. The van der Waals surface area contributed by atoms with E-state index in [1.807, 2.05) is 71.4 Å². The Kier molecular flexibility index (Phi) is 5.21. The number of thiophene rings is 1. The lowest BCUT2D eigenvalue weighted by Gasteiger charge is -2.05. The summed E-state index contributed by atoms with van der Waals surface area (Å²) in [6.45, 7) is 0.536. The summed E-state index contributed by atoms with van der Waals surface area (Å²) in [5, 5.41) is 14.4. The van der Waals surface area contributed by atoms with Gasteiger partial charge in [0.15, 0.2) is 0 Å². The number of hydrogen-bond acceptors (Lipinski definition) is 4. The van der Waals surface area contributed by atoms with Crippen LogP contribution in [0.4, 0.5) is 0 Å². The second-order valence-electron chi connectivity index (χ2n) is 6.29. The lowest BCUT2D eigenvalue weighted by atomic mass is 10.1. The Labute approximate surface area is 167 Å². The lowest BCUT2D eigenvalue weighted by molar-refractivity contribution is 0.0951. The molecule has 0 fully saturated rings. The van der Waals surface area contributed by atoms with Gasteiger partial charge in [-0.2, -0.15) is 16.4 Å². The van der Waals surface area contributed by atoms with Crippen LogP contribution >= 0.6 is 11.3 Å². The lowest BCUT2D eigenvalue weighted by Crippen LogP contribution is -2.22. The summed E-state index contributed by atoms with van der Waals surface area (Å²) in [6, 6.07) is 19.3. The number of rotatable bonds is 6. The minimum Gasteiger partial charge on any atom is -0.497 e. The smallest absolute Gasteiger partial charge is 0.251 e. The Morgan fingerprint density at radius 1 is 1.11 bits per heavy atom. The molecule has 140 valence electrons. The normalized spacial score (nSPS) is 10.6. The summed E-state index contributed by atoms with van der Waals surface area (Å²) in [5.41, 5.74) is 5.42. The van der Waals surface area contributed by atoms with E-state index in [1.165, 1.54) is 0 Å². The molecular formula is C22H19N3O2S. The van der Waals surface area contributed by atoms with Crippen LogP contribution in [-0.4, -0.2) is 23.2 Å². The van der Waals surface area contributed by atoms with Crippen LogP contribution < -0.4 is 10.1 Å². The predicted molar refractivity (Wildman–Crippen MR) is 112 cm³/mol. The molecular weight excluding hydrogens is 370 g/mol. The van der Waals surface area contributed by atoms with Crippen molar-refractivity contribution < 1.29 is 9.53 Å². The third-order valence-electron chi connectivity index (χ3n) is 4.43. The second kappa shape index (κ2) is 8.10. The highest BCUT2D eigenvalue weighted by Crippen LogP contribution is 2.26. The van der Waals surface area contributed by atoms with Crippen molar-refractivity contribution in [1.29, 1.82) is 0 Å². The van der Waals surface area contributed by atoms with Crippen LogP contribution in [0.1, 0.15) is 15.9 Å². The number of aromatic amines is 1. The summed E-state index contributed by atoms with van der Waals surface area (Å²) in [6.07, 6.45) is 0. The number of carbonyl (C=O) groups excluding carboxylic acids is 1. The van der Waals surface area contributed by atoms with Gasteiger partial charge < -0.3 is 10.1 Å². The molecule has 2 N–H and O–H groups in total. The summed E-state index contributed by atoms with van der Waals surface area (Å²) in [5.74, 6) is 0.708. The maximum atomic E-state index is 12.3. The predicted octanol–water partition coefficient (Wildman–Crippen LogP) is 4.74. The molecule has 0 aliphatic heterocycles. The number of benzene rings is 2. The Morgan fingerprint density at radius 2 is 1.96 bits per heavy atom. The van der Waals surface area contributed by atoms with Crippen LogP contribution in [0.3, 0.4) is 0 Å². The molecule has 0 aliphatic carbocycles. The number of hydrogen-bond donors (Lipinski definition) is 2. The fourth-order valence-corrected chi connectivity index (χ4v) is 3.55. The quantitative estimate of drug-likeness (QED) is 0.500. The highest BCUT2D eigenvalue weighted by atomic mass is 32.1. The van der Waals surface area contributed by atoms with Crippen molar-refractivity contribution in [2.24, 2.45) is 0 Å². The first-order chi connectivity index (χ1) is 13.7. The van der Waals surface area contributed by atoms with Crippen LogP contribution in [0.15, 0.2) is 71.4 Å². The molecule has 5 nitrogen and oxygen atoms in total. The summed E-state index contributed by atoms with van der Waals surface area (Å²) in [4.78, 5) is 12.3. The van der Waals surface area contributed by atoms with Crippen molar-refractivity contribution in [2.45, 2.75) is 6.54 Å². The van der Waals surface area contributed by atoms with Crippen LogP contribution in [0.25, 0.3) is 22.5 Å². The average Bonchev–Trinajstić information content (AvgIpc) is 3.44. The molecule has 28 heavy (non-hydrogen) atoms. The van der Waals surface area contributed by atoms with E-state index in [0.717, 1.165) is 33.8 Å². The summed E-state index contributed by atoms with van der Waals surface area (Å²) < 4.78 is 5.27. The molecule has 2 heterocycles. The molecule has 0 saturated heterocycles. The Hall–Kier alpha value is -3.38. The Balaban J connectivity index is 1.46. The molecule has 0 unspecified atom stereocenters. The number of aromatic nitrogens is 2. The number of H-pyrrole nitrogens is 1. The SMILES string of the molecule is COc1cccc(-c2cc(-c3ccc(C(=O)NCc4ccsc4)cc3)[nH]n2)c1. The van der Waals surface area contributed by atoms with Crippen LogP contribution in [0.5, 0.6) is 5.75 Å². The van der Waals surface area contributed by atoms with Gasteiger partial charge in [0.25, 0.3) is 5.91 Å². The van der Waals surface area contributed by atoms with Crippen molar-refractivity contribution in [3.63, 3.8) is 0 Å².